The number of benzene rings is 1. The molecule has 0 unspecified atom stereocenters. The molecule has 0 saturated carbocycles. The molecule has 0 amide bonds. The molecule has 5 nitrogen and oxygen atoms in total. The fraction of sp³-hybridized carbons (Fsp3) is 0.333. The van der Waals surface area contributed by atoms with Crippen LogP contribution in [0.4, 0.5) is 5.69 Å². The lowest BCUT2D eigenvalue weighted by molar-refractivity contribution is 0.416. The van der Waals surface area contributed by atoms with Crippen molar-refractivity contribution >= 4 is 17.3 Å². The van der Waals surface area contributed by atoms with Gasteiger partial charge in [0.15, 0.2) is 0 Å². The zero-order chi connectivity index (χ0) is 15.4. The van der Waals surface area contributed by atoms with Crippen LogP contribution in [0.2, 0.25) is 5.02 Å². The molecule has 0 aliphatic rings. The molecule has 0 bridgehead atoms. The van der Waals surface area contributed by atoms with E-state index in [0.717, 1.165) is 13.1 Å². The van der Waals surface area contributed by atoms with Crippen molar-refractivity contribution in [3.05, 3.63) is 51.9 Å². The molecule has 0 saturated heterocycles. The van der Waals surface area contributed by atoms with E-state index in [2.05, 4.69) is 10.00 Å². The number of halogens is 1. The number of anilines is 1. The maximum absolute atomic E-state index is 12.4. The quantitative estimate of drug-likeness (QED) is 0.846. The van der Waals surface area contributed by atoms with Gasteiger partial charge in [-0.1, -0.05) is 29.8 Å². The highest BCUT2D eigenvalue weighted by Crippen LogP contribution is 2.20. The van der Waals surface area contributed by atoms with Crippen molar-refractivity contribution < 1.29 is 0 Å². The molecule has 0 atom stereocenters. The topological polar surface area (TPSA) is 41.4 Å². The van der Waals surface area contributed by atoms with E-state index in [9.17, 15) is 4.79 Å². The van der Waals surface area contributed by atoms with Gasteiger partial charge in [0.25, 0.3) is 5.56 Å². The maximum Gasteiger partial charge on any atom is 0.292 e. The molecule has 0 aliphatic carbocycles. The Labute approximate surface area is 129 Å². The Balaban J connectivity index is 2.32. The fourth-order valence-corrected chi connectivity index (χ4v) is 2.19. The molecule has 0 aliphatic heterocycles. The molecular formula is C15H19ClN4O. The Morgan fingerprint density at radius 3 is 2.43 bits per heavy atom. The number of likely N-dealkylation sites (N-methyl/N-ethyl adjacent to an activating group) is 2. The van der Waals surface area contributed by atoms with Crippen molar-refractivity contribution in [2.24, 2.45) is 0 Å². The van der Waals surface area contributed by atoms with Crippen LogP contribution in [-0.2, 0) is 0 Å². The number of para-hydroxylation sites is 1. The number of hydrogen-bond donors (Lipinski definition) is 0. The van der Waals surface area contributed by atoms with E-state index >= 15 is 0 Å². The average Bonchev–Trinajstić information content (AvgIpc) is 2.48. The third-order valence-corrected chi connectivity index (χ3v) is 3.55. The summed E-state index contributed by atoms with van der Waals surface area (Å²) >= 11 is 6.23. The standard InChI is InChI=1S/C15H19ClN4O/c1-18(2)9-10-19(3)13-11-17-20(15(21)14(13)16)12-7-5-4-6-8-12/h4-8,11H,9-10H2,1-3H3. The Kier molecular flexibility index (Phi) is 4.98. The Morgan fingerprint density at radius 1 is 1.14 bits per heavy atom. The summed E-state index contributed by atoms with van der Waals surface area (Å²) in [6, 6.07) is 9.24. The van der Waals surface area contributed by atoms with Crippen LogP contribution in [0.1, 0.15) is 0 Å². The third-order valence-electron chi connectivity index (χ3n) is 3.20. The highest BCUT2D eigenvalue weighted by atomic mass is 35.5. The van der Waals surface area contributed by atoms with Gasteiger partial charge in [-0.25, -0.2) is 0 Å². The van der Waals surface area contributed by atoms with E-state index in [0.29, 0.717) is 11.4 Å². The number of aromatic nitrogens is 2. The molecule has 0 fully saturated rings. The second-order valence-electron chi connectivity index (χ2n) is 5.12. The highest BCUT2D eigenvalue weighted by Gasteiger charge is 2.13. The molecule has 1 heterocycles. The van der Waals surface area contributed by atoms with Gasteiger partial charge in [-0.15, -0.1) is 0 Å². The zero-order valence-corrected chi connectivity index (χ0v) is 13.2. The van der Waals surface area contributed by atoms with Gasteiger partial charge in [0.1, 0.15) is 5.02 Å². The van der Waals surface area contributed by atoms with Crippen LogP contribution < -0.4 is 10.5 Å². The van der Waals surface area contributed by atoms with Crippen molar-refractivity contribution in [3.63, 3.8) is 0 Å². The first-order valence-corrected chi connectivity index (χ1v) is 7.07. The Hall–Kier alpha value is -1.85. The second kappa shape index (κ2) is 6.74. The summed E-state index contributed by atoms with van der Waals surface area (Å²) in [5.41, 5.74) is 1.04. The molecule has 2 rings (SSSR count). The van der Waals surface area contributed by atoms with Crippen LogP contribution in [0, 0.1) is 0 Å². The zero-order valence-electron chi connectivity index (χ0n) is 12.5. The van der Waals surface area contributed by atoms with Crippen LogP contribution in [0.15, 0.2) is 41.3 Å². The highest BCUT2D eigenvalue weighted by molar-refractivity contribution is 6.33. The average molecular weight is 307 g/mol. The summed E-state index contributed by atoms with van der Waals surface area (Å²) in [6.07, 6.45) is 1.63. The van der Waals surface area contributed by atoms with Crippen LogP contribution in [0.25, 0.3) is 5.69 Å². The molecule has 1 aromatic heterocycles. The van der Waals surface area contributed by atoms with E-state index in [1.54, 1.807) is 6.20 Å². The molecule has 112 valence electrons. The second-order valence-corrected chi connectivity index (χ2v) is 5.50. The largest absolute Gasteiger partial charge is 0.371 e. The lowest BCUT2D eigenvalue weighted by atomic mass is 10.3. The van der Waals surface area contributed by atoms with E-state index in [4.69, 9.17) is 11.6 Å². The molecule has 0 radical (unpaired) electrons. The van der Waals surface area contributed by atoms with Crippen molar-refractivity contribution in [2.45, 2.75) is 0 Å². The monoisotopic (exact) mass is 306 g/mol. The summed E-state index contributed by atoms with van der Waals surface area (Å²) in [7, 11) is 5.90. The fourth-order valence-electron chi connectivity index (χ4n) is 1.91. The van der Waals surface area contributed by atoms with E-state index in [-0.39, 0.29) is 10.6 Å². The van der Waals surface area contributed by atoms with Crippen LogP contribution >= 0.6 is 11.6 Å². The summed E-state index contributed by atoms with van der Waals surface area (Å²) in [5.74, 6) is 0. The summed E-state index contributed by atoms with van der Waals surface area (Å²) in [5, 5.41) is 4.41. The SMILES string of the molecule is CN(C)CCN(C)c1cnn(-c2ccccc2)c(=O)c1Cl. The predicted molar refractivity (Wildman–Crippen MR) is 86.7 cm³/mol. The smallest absolute Gasteiger partial charge is 0.292 e. The van der Waals surface area contributed by atoms with Gasteiger partial charge in [-0.3, -0.25) is 4.79 Å². The minimum absolute atomic E-state index is 0.190. The van der Waals surface area contributed by atoms with Crippen molar-refractivity contribution in [2.75, 3.05) is 39.1 Å². The van der Waals surface area contributed by atoms with Crippen LogP contribution in [0.3, 0.4) is 0 Å². The number of nitrogens with zero attached hydrogens (tertiary/aromatic N) is 4. The van der Waals surface area contributed by atoms with E-state index in [1.165, 1.54) is 4.68 Å². The van der Waals surface area contributed by atoms with E-state index in [1.807, 2.05) is 56.4 Å². The molecule has 21 heavy (non-hydrogen) atoms. The van der Waals surface area contributed by atoms with Crippen LogP contribution in [-0.4, -0.2) is 48.9 Å². The molecular weight excluding hydrogens is 288 g/mol. The molecule has 2 aromatic rings. The third kappa shape index (κ3) is 3.62. The van der Waals surface area contributed by atoms with Gasteiger partial charge < -0.3 is 9.80 Å². The van der Waals surface area contributed by atoms with Crippen molar-refractivity contribution in [3.8, 4) is 5.69 Å². The lowest BCUT2D eigenvalue weighted by Crippen LogP contribution is -2.31. The van der Waals surface area contributed by atoms with Gasteiger partial charge in [-0.05, 0) is 26.2 Å². The Morgan fingerprint density at radius 2 is 1.81 bits per heavy atom. The number of hydrogen-bond acceptors (Lipinski definition) is 4. The number of rotatable bonds is 5. The summed E-state index contributed by atoms with van der Waals surface area (Å²) < 4.78 is 1.31. The molecule has 1 aromatic carbocycles. The first kappa shape index (κ1) is 15.5. The maximum atomic E-state index is 12.4. The first-order valence-electron chi connectivity index (χ1n) is 6.70. The van der Waals surface area contributed by atoms with Gasteiger partial charge >= 0.3 is 0 Å². The lowest BCUT2D eigenvalue weighted by Gasteiger charge is -2.22. The molecule has 0 N–H and O–H groups in total. The van der Waals surface area contributed by atoms with Gasteiger partial charge in [0, 0.05) is 20.1 Å². The first-order chi connectivity index (χ1) is 10.0. The normalized spacial score (nSPS) is 10.9. The van der Waals surface area contributed by atoms with E-state index < -0.39 is 0 Å². The summed E-state index contributed by atoms with van der Waals surface area (Å²) in [6.45, 7) is 1.64. The minimum Gasteiger partial charge on any atom is -0.371 e. The molecule has 0 spiro atoms. The predicted octanol–water partition coefficient (Wildman–Crippen LogP) is 1.88. The van der Waals surface area contributed by atoms with Gasteiger partial charge in [-0.2, -0.15) is 9.78 Å². The van der Waals surface area contributed by atoms with Gasteiger partial charge in [0.2, 0.25) is 0 Å². The van der Waals surface area contributed by atoms with Gasteiger partial charge in [0.05, 0.1) is 17.6 Å². The van der Waals surface area contributed by atoms with Crippen molar-refractivity contribution in [1.29, 1.82) is 0 Å². The molecule has 6 heteroatoms. The van der Waals surface area contributed by atoms with Crippen LogP contribution in [0.5, 0.6) is 0 Å². The minimum atomic E-state index is -0.308. The summed E-state index contributed by atoms with van der Waals surface area (Å²) in [4.78, 5) is 16.4. The Bertz CT molecular complexity index is 654. The van der Waals surface area contributed by atoms with Crippen molar-refractivity contribution in [1.82, 2.24) is 14.7 Å².